The van der Waals surface area contributed by atoms with Crippen LogP contribution in [0, 0.1) is 5.92 Å². The average molecular weight is 262 g/mol. The second kappa shape index (κ2) is 7.63. The zero-order chi connectivity index (χ0) is 13.5. The summed E-state index contributed by atoms with van der Waals surface area (Å²) in [5.74, 6) is 0.597. The SMILES string of the molecule is COCC(C)CN1CCCNC(c2ccccc2)C1. The summed E-state index contributed by atoms with van der Waals surface area (Å²) in [6, 6.07) is 11.2. The fourth-order valence-corrected chi connectivity index (χ4v) is 2.85. The smallest absolute Gasteiger partial charge is 0.0500 e. The highest BCUT2D eigenvalue weighted by Crippen LogP contribution is 2.17. The highest BCUT2D eigenvalue weighted by atomic mass is 16.5. The van der Waals surface area contributed by atoms with Crippen molar-refractivity contribution < 1.29 is 4.74 Å². The molecule has 0 radical (unpaired) electrons. The van der Waals surface area contributed by atoms with Gasteiger partial charge in [0, 0.05) is 32.8 Å². The average Bonchev–Trinajstić information content (AvgIpc) is 2.65. The molecule has 0 spiro atoms. The van der Waals surface area contributed by atoms with E-state index in [2.05, 4.69) is 47.5 Å². The molecule has 2 atom stereocenters. The van der Waals surface area contributed by atoms with Crippen molar-refractivity contribution in [3.05, 3.63) is 35.9 Å². The van der Waals surface area contributed by atoms with Gasteiger partial charge in [0.1, 0.15) is 0 Å². The Labute approximate surface area is 116 Å². The summed E-state index contributed by atoms with van der Waals surface area (Å²) in [6.45, 7) is 7.62. The lowest BCUT2D eigenvalue weighted by molar-refractivity contribution is 0.128. The molecular weight excluding hydrogens is 236 g/mol. The molecule has 0 aromatic heterocycles. The zero-order valence-corrected chi connectivity index (χ0v) is 12.1. The van der Waals surface area contributed by atoms with Crippen LogP contribution in [0.25, 0.3) is 0 Å². The quantitative estimate of drug-likeness (QED) is 0.881. The summed E-state index contributed by atoms with van der Waals surface area (Å²) >= 11 is 0. The molecule has 1 N–H and O–H groups in total. The van der Waals surface area contributed by atoms with Crippen LogP contribution in [-0.2, 0) is 4.74 Å². The van der Waals surface area contributed by atoms with E-state index in [1.807, 2.05) is 0 Å². The Balaban J connectivity index is 1.95. The first kappa shape index (κ1) is 14.5. The molecule has 106 valence electrons. The van der Waals surface area contributed by atoms with Crippen LogP contribution < -0.4 is 5.32 Å². The Morgan fingerprint density at radius 2 is 2.16 bits per heavy atom. The van der Waals surface area contributed by atoms with Crippen LogP contribution in [0.5, 0.6) is 0 Å². The van der Waals surface area contributed by atoms with Gasteiger partial charge >= 0.3 is 0 Å². The predicted octanol–water partition coefficient (Wildman–Crippen LogP) is 2.31. The van der Waals surface area contributed by atoms with Gasteiger partial charge < -0.3 is 15.0 Å². The number of nitrogens with one attached hydrogen (secondary N) is 1. The maximum absolute atomic E-state index is 5.25. The third-order valence-corrected chi connectivity index (χ3v) is 3.71. The van der Waals surface area contributed by atoms with E-state index < -0.39 is 0 Å². The van der Waals surface area contributed by atoms with Crippen LogP contribution in [0.4, 0.5) is 0 Å². The maximum atomic E-state index is 5.25. The largest absolute Gasteiger partial charge is 0.384 e. The summed E-state index contributed by atoms with van der Waals surface area (Å²) in [5.41, 5.74) is 1.40. The molecule has 3 nitrogen and oxygen atoms in total. The van der Waals surface area contributed by atoms with E-state index in [1.165, 1.54) is 18.5 Å². The second-order valence-electron chi connectivity index (χ2n) is 5.59. The highest BCUT2D eigenvalue weighted by Gasteiger charge is 2.20. The van der Waals surface area contributed by atoms with Gasteiger partial charge in [0.05, 0.1) is 0 Å². The van der Waals surface area contributed by atoms with Crippen LogP contribution in [0.3, 0.4) is 0 Å². The van der Waals surface area contributed by atoms with Crippen molar-refractivity contribution >= 4 is 0 Å². The van der Waals surface area contributed by atoms with Crippen molar-refractivity contribution in [3.63, 3.8) is 0 Å². The third-order valence-electron chi connectivity index (χ3n) is 3.71. The van der Waals surface area contributed by atoms with Crippen molar-refractivity contribution in [2.75, 3.05) is 39.9 Å². The first-order valence-electron chi connectivity index (χ1n) is 7.29. The van der Waals surface area contributed by atoms with Crippen LogP contribution in [0.1, 0.15) is 24.9 Å². The van der Waals surface area contributed by atoms with E-state index in [-0.39, 0.29) is 0 Å². The van der Waals surface area contributed by atoms with Gasteiger partial charge in [0.25, 0.3) is 0 Å². The minimum atomic E-state index is 0.457. The predicted molar refractivity (Wildman–Crippen MR) is 79.3 cm³/mol. The first-order valence-corrected chi connectivity index (χ1v) is 7.29. The zero-order valence-electron chi connectivity index (χ0n) is 12.1. The second-order valence-corrected chi connectivity index (χ2v) is 5.59. The summed E-state index contributed by atoms with van der Waals surface area (Å²) in [7, 11) is 1.78. The standard InChI is InChI=1S/C16H26N2O/c1-14(13-19-2)11-18-10-6-9-17-16(12-18)15-7-4-3-5-8-15/h3-5,7-8,14,16-17H,6,9-13H2,1-2H3. The van der Waals surface area contributed by atoms with E-state index in [9.17, 15) is 0 Å². The fraction of sp³-hybridized carbons (Fsp3) is 0.625. The lowest BCUT2D eigenvalue weighted by Crippen LogP contribution is -2.35. The van der Waals surface area contributed by atoms with Gasteiger partial charge in [-0.3, -0.25) is 0 Å². The van der Waals surface area contributed by atoms with E-state index in [4.69, 9.17) is 4.74 Å². The van der Waals surface area contributed by atoms with Crippen LogP contribution in [0.2, 0.25) is 0 Å². The molecule has 0 saturated carbocycles. The monoisotopic (exact) mass is 262 g/mol. The number of hydrogen-bond acceptors (Lipinski definition) is 3. The summed E-state index contributed by atoms with van der Waals surface area (Å²) in [6.07, 6.45) is 1.23. The van der Waals surface area contributed by atoms with Crippen molar-refractivity contribution in [2.45, 2.75) is 19.4 Å². The molecule has 1 aliphatic heterocycles. The van der Waals surface area contributed by atoms with Gasteiger partial charge in [0.2, 0.25) is 0 Å². The molecule has 0 amide bonds. The van der Waals surface area contributed by atoms with Crippen LogP contribution in [-0.4, -0.2) is 44.8 Å². The number of nitrogens with zero attached hydrogens (tertiary/aromatic N) is 1. The topological polar surface area (TPSA) is 24.5 Å². The maximum Gasteiger partial charge on any atom is 0.0500 e. The number of rotatable bonds is 5. The summed E-state index contributed by atoms with van der Waals surface area (Å²) in [4.78, 5) is 2.57. The summed E-state index contributed by atoms with van der Waals surface area (Å²) < 4.78 is 5.25. The molecule has 2 rings (SSSR count). The van der Waals surface area contributed by atoms with E-state index in [0.717, 1.165) is 26.2 Å². The molecule has 0 aliphatic carbocycles. The lowest BCUT2D eigenvalue weighted by Gasteiger charge is -2.27. The molecule has 1 fully saturated rings. The third kappa shape index (κ3) is 4.60. The molecule has 1 aliphatic rings. The van der Waals surface area contributed by atoms with Gasteiger partial charge in [-0.05, 0) is 31.0 Å². The molecule has 1 aromatic carbocycles. The molecule has 1 saturated heterocycles. The molecule has 1 aromatic rings. The minimum Gasteiger partial charge on any atom is -0.384 e. The molecule has 3 heteroatoms. The minimum absolute atomic E-state index is 0.457. The molecule has 0 bridgehead atoms. The lowest BCUT2D eigenvalue weighted by atomic mass is 10.1. The Kier molecular flexibility index (Phi) is 5.83. The Morgan fingerprint density at radius 1 is 1.37 bits per heavy atom. The van der Waals surface area contributed by atoms with Gasteiger partial charge in [-0.2, -0.15) is 0 Å². The van der Waals surface area contributed by atoms with Crippen LogP contribution >= 0.6 is 0 Å². The number of methoxy groups -OCH3 is 1. The normalized spacial score (nSPS) is 22.9. The van der Waals surface area contributed by atoms with E-state index >= 15 is 0 Å². The number of benzene rings is 1. The van der Waals surface area contributed by atoms with Crippen LogP contribution in [0.15, 0.2) is 30.3 Å². The van der Waals surface area contributed by atoms with Gasteiger partial charge in [-0.15, -0.1) is 0 Å². The molecule has 19 heavy (non-hydrogen) atoms. The molecular formula is C16H26N2O. The number of ether oxygens (including phenoxy) is 1. The Morgan fingerprint density at radius 3 is 2.89 bits per heavy atom. The van der Waals surface area contributed by atoms with Crippen molar-refractivity contribution in [3.8, 4) is 0 Å². The molecule has 2 unspecified atom stereocenters. The van der Waals surface area contributed by atoms with Gasteiger partial charge in [-0.1, -0.05) is 37.3 Å². The van der Waals surface area contributed by atoms with Crippen molar-refractivity contribution in [2.24, 2.45) is 5.92 Å². The van der Waals surface area contributed by atoms with E-state index in [1.54, 1.807) is 7.11 Å². The summed E-state index contributed by atoms with van der Waals surface area (Å²) in [5, 5.41) is 3.66. The van der Waals surface area contributed by atoms with E-state index in [0.29, 0.717) is 12.0 Å². The van der Waals surface area contributed by atoms with Crippen molar-refractivity contribution in [1.82, 2.24) is 10.2 Å². The number of hydrogen-bond donors (Lipinski definition) is 1. The van der Waals surface area contributed by atoms with Gasteiger partial charge in [0.15, 0.2) is 0 Å². The highest BCUT2D eigenvalue weighted by molar-refractivity contribution is 5.19. The Hall–Kier alpha value is -0.900. The Bertz CT molecular complexity index is 355. The van der Waals surface area contributed by atoms with Crippen molar-refractivity contribution in [1.29, 1.82) is 0 Å². The molecule has 1 heterocycles. The fourth-order valence-electron chi connectivity index (χ4n) is 2.85. The van der Waals surface area contributed by atoms with Gasteiger partial charge in [-0.25, -0.2) is 0 Å². The first-order chi connectivity index (χ1) is 9.29.